The Labute approximate surface area is 164 Å². The Balaban J connectivity index is 1.93. The lowest BCUT2D eigenvalue weighted by Gasteiger charge is -2.10. The average molecular weight is 399 g/mol. The molecule has 0 fully saturated rings. The maximum atomic E-state index is 11.7. The lowest BCUT2D eigenvalue weighted by Crippen LogP contribution is -2.03. The fourth-order valence-corrected chi connectivity index (χ4v) is 4.86. The van der Waals surface area contributed by atoms with E-state index in [1.807, 2.05) is 31.2 Å². The Hall–Kier alpha value is -2.21. The molecule has 0 unspecified atom stereocenters. The van der Waals surface area contributed by atoms with Gasteiger partial charge in [0.2, 0.25) is 0 Å². The van der Waals surface area contributed by atoms with Crippen LogP contribution in [0, 0.1) is 13.8 Å². The first-order chi connectivity index (χ1) is 12.9. The molecule has 27 heavy (non-hydrogen) atoms. The highest BCUT2D eigenvalue weighted by molar-refractivity contribution is 7.85. The largest absolute Gasteiger partial charge is 0.294 e. The monoisotopic (exact) mass is 398 g/mol. The molecule has 1 N–H and O–H groups in total. The van der Waals surface area contributed by atoms with Gasteiger partial charge in [-0.15, -0.1) is 11.3 Å². The van der Waals surface area contributed by atoms with Gasteiger partial charge in [-0.2, -0.15) is 8.42 Å². The van der Waals surface area contributed by atoms with Gasteiger partial charge in [0.25, 0.3) is 10.1 Å². The summed E-state index contributed by atoms with van der Waals surface area (Å²) in [6.45, 7) is 4.01. The van der Waals surface area contributed by atoms with Gasteiger partial charge in [-0.05, 0) is 66.5 Å². The molecule has 2 aromatic carbocycles. The van der Waals surface area contributed by atoms with Gasteiger partial charge in [0.15, 0.2) is 0 Å². The van der Waals surface area contributed by atoms with Crippen molar-refractivity contribution in [1.29, 1.82) is 0 Å². The van der Waals surface area contributed by atoms with Gasteiger partial charge in [0.05, 0.1) is 4.90 Å². The van der Waals surface area contributed by atoms with E-state index in [4.69, 9.17) is 0 Å². The van der Waals surface area contributed by atoms with Crippen LogP contribution in [0.5, 0.6) is 0 Å². The van der Waals surface area contributed by atoms with Gasteiger partial charge in [0.1, 0.15) is 0 Å². The van der Waals surface area contributed by atoms with E-state index in [2.05, 4.69) is 36.6 Å². The van der Waals surface area contributed by atoms with E-state index >= 15 is 0 Å². The van der Waals surface area contributed by atoms with Crippen LogP contribution in [0.15, 0.2) is 70.9 Å². The molecule has 3 nitrogen and oxygen atoms in total. The summed E-state index contributed by atoms with van der Waals surface area (Å²) in [6, 6.07) is 17.3. The molecular weight excluding hydrogens is 376 g/mol. The Morgan fingerprint density at radius 1 is 1.07 bits per heavy atom. The van der Waals surface area contributed by atoms with Crippen LogP contribution in [0.4, 0.5) is 0 Å². The van der Waals surface area contributed by atoms with Crippen LogP contribution >= 0.6 is 11.3 Å². The molecule has 0 saturated carbocycles. The van der Waals surface area contributed by atoms with Crippen molar-refractivity contribution in [2.45, 2.75) is 31.6 Å². The molecule has 1 heterocycles. The van der Waals surface area contributed by atoms with Gasteiger partial charge >= 0.3 is 0 Å². The van der Waals surface area contributed by atoms with Crippen molar-refractivity contribution < 1.29 is 13.0 Å². The van der Waals surface area contributed by atoms with Crippen LogP contribution in [0.3, 0.4) is 0 Å². The van der Waals surface area contributed by atoms with Gasteiger partial charge < -0.3 is 0 Å². The molecule has 0 spiro atoms. The van der Waals surface area contributed by atoms with Crippen molar-refractivity contribution >= 4 is 27.0 Å². The zero-order chi connectivity index (χ0) is 19.4. The molecule has 0 aliphatic heterocycles. The summed E-state index contributed by atoms with van der Waals surface area (Å²) in [5.41, 5.74) is 5.14. The fourth-order valence-electron chi connectivity index (χ4n) is 3.14. The van der Waals surface area contributed by atoms with E-state index in [0.29, 0.717) is 18.4 Å². The topological polar surface area (TPSA) is 54.4 Å². The first kappa shape index (κ1) is 19.5. The minimum atomic E-state index is -4.22. The molecule has 5 heteroatoms. The van der Waals surface area contributed by atoms with E-state index in [-0.39, 0.29) is 4.90 Å². The standard InChI is InChI=1S/C22H22O3S2/c1-16-11-12-21(27(23,24)25)19(15-16)9-6-10-20(18-7-4-3-5-8-18)22-17(2)13-14-26-22/h3-5,7-8,10-15H,6,9H2,1-2H3,(H,23,24,25). The predicted molar refractivity (Wildman–Crippen MR) is 112 cm³/mol. The van der Waals surface area contributed by atoms with Gasteiger partial charge in [-0.1, -0.05) is 54.1 Å². The van der Waals surface area contributed by atoms with E-state index < -0.39 is 10.1 Å². The second kappa shape index (κ2) is 8.21. The summed E-state index contributed by atoms with van der Waals surface area (Å²) in [5, 5.41) is 2.08. The fraction of sp³-hybridized carbons (Fsp3) is 0.182. The van der Waals surface area contributed by atoms with Crippen molar-refractivity contribution in [1.82, 2.24) is 0 Å². The van der Waals surface area contributed by atoms with Crippen LogP contribution in [-0.4, -0.2) is 13.0 Å². The number of benzene rings is 2. The molecular formula is C22H22O3S2. The van der Waals surface area contributed by atoms with Gasteiger partial charge in [-0.25, -0.2) is 0 Å². The van der Waals surface area contributed by atoms with Crippen LogP contribution in [0.2, 0.25) is 0 Å². The molecule has 1 aromatic heterocycles. The van der Waals surface area contributed by atoms with Crippen molar-refractivity contribution in [3.63, 3.8) is 0 Å². The number of allylic oxidation sites excluding steroid dienone is 1. The highest BCUT2D eigenvalue weighted by Crippen LogP contribution is 2.31. The molecule has 0 aliphatic carbocycles. The van der Waals surface area contributed by atoms with Crippen LogP contribution in [-0.2, 0) is 16.5 Å². The summed E-state index contributed by atoms with van der Waals surface area (Å²) >= 11 is 1.70. The number of aryl methyl sites for hydroxylation is 3. The number of hydrogen-bond donors (Lipinski definition) is 1. The summed E-state index contributed by atoms with van der Waals surface area (Å²) in [4.78, 5) is 1.22. The molecule has 140 valence electrons. The molecule has 3 aromatic rings. The molecule has 0 bridgehead atoms. The lowest BCUT2D eigenvalue weighted by molar-refractivity contribution is 0.482. The zero-order valence-corrected chi connectivity index (χ0v) is 17.0. The van der Waals surface area contributed by atoms with Crippen LogP contribution in [0.25, 0.3) is 5.57 Å². The van der Waals surface area contributed by atoms with Crippen molar-refractivity contribution in [3.8, 4) is 0 Å². The third kappa shape index (κ3) is 4.75. The maximum absolute atomic E-state index is 11.7. The van der Waals surface area contributed by atoms with Crippen molar-refractivity contribution in [2.24, 2.45) is 0 Å². The normalized spacial score (nSPS) is 12.3. The minimum Gasteiger partial charge on any atom is -0.282 e. The smallest absolute Gasteiger partial charge is 0.282 e. The summed E-state index contributed by atoms with van der Waals surface area (Å²) < 4.78 is 32.8. The minimum absolute atomic E-state index is 0.00457. The highest BCUT2D eigenvalue weighted by Gasteiger charge is 2.15. The SMILES string of the molecule is Cc1ccc(S(=O)(=O)O)c(CCC=C(c2ccccc2)c2sccc2C)c1. The molecule has 0 amide bonds. The average Bonchev–Trinajstić information content (AvgIpc) is 3.04. The number of rotatable bonds is 6. The zero-order valence-electron chi connectivity index (χ0n) is 15.3. The van der Waals surface area contributed by atoms with Crippen LogP contribution < -0.4 is 0 Å². The summed E-state index contributed by atoms with van der Waals surface area (Å²) in [7, 11) is -4.22. The third-order valence-electron chi connectivity index (χ3n) is 4.45. The Bertz CT molecular complexity index is 1060. The molecule has 0 aliphatic rings. The van der Waals surface area contributed by atoms with E-state index in [0.717, 1.165) is 16.7 Å². The summed E-state index contributed by atoms with van der Waals surface area (Å²) in [5.74, 6) is 0. The lowest BCUT2D eigenvalue weighted by atomic mass is 9.99. The molecule has 0 radical (unpaired) electrons. The van der Waals surface area contributed by atoms with Gasteiger partial charge in [0, 0.05) is 4.88 Å². The Morgan fingerprint density at radius 2 is 1.81 bits per heavy atom. The highest BCUT2D eigenvalue weighted by atomic mass is 32.2. The molecule has 0 saturated heterocycles. The number of hydrogen-bond acceptors (Lipinski definition) is 3. The molecule has 3 rings (SSSR count). The quantitative estimate of drug-likeness (QED) is 0.544. The third-order valence-corrected chi connectivity index (χ3v) is 6.45. The van der Waals surface area contributed by atoms with E-state index in [1.54, 1.807) is 17.4 Å². The second-order valence-electron chi connectivity index (χ2n) is 6.54. The van der Waals surface area contributed by atoms with Crippen LogP contribution in [0.1, 0.15) is 33.6 Å². The van der Waals surface area contributed by atoms with Gasteiger partial charge in [-0.3, -0.25) is 4.55 Å². The van der Waals surface area contributed by atoms with E-state index in [1.165, 1.54) is 16.5 Å². The first-order valence-electron chi connectivity index (χ1n) is 8.73. The van der Waals surface area contributed by atoms with Crippen molar-refractivity contribution in [2.75, 3.05) is 0 Å². The predicted octanol–water partition coefficient (Wildman–Crippen LogP) is 5.68. The maximum Gasteiger partial charge on any atom is 0.294 e. The Morgan fingerprint density at radius 3 is 2.44 bits per heavy atom. The van der Waals surface area contributed by atoms with Crippen molar-refractivity contribution in [3.05, 3.63) is 93.2 Å². The first-order valence-corrected chi connectivity index (χ1v) is 11.1. The van der Waals surface area contributed by atoms with E-state index in [9.17, 15) is 13.0 Å². The summed E-state index contributed by atoms with van der Waals surface area (Å²) in [6.07, 6.45) is 3.37. The molecule has 0 atom stereocenters. The number of thiophene rings is 1. The second-order valence-corrected chi connectivity index (χ2v) is 8.85. The Kier molecular flexibility index (Phi) is 5.95.